The summed E-state index contributed by atoms with van der Waals surface area (Å²) in [7, 11) is 0. The third-order valence-electron chi connectivity index (χ3n) is 17.3. The van der Waals surface area contributed by atoms with Crippen LogP contribution in [0.1, 0.15) is 45.2 Å². The Hall–Kier alpha value is -11.1. The average molecular weight is 1070 g/mol. The van der Waals surface area contributed by atoms with Crippen LogP contribution in [0.3, 0.4) is 0 Å². The summed E-state index contributed by atoms with van der Waals surface area (Å²) < 4.78 is 0. The topological polar surface area (TPSA) is 77.3 Å². The van der Waals surface area contributed by atoms with Gasteiger partial charge in [0, 0.05) is 56.0 Å². The molecule has 0 fully saturated rings. The monoisotopic (exact) mass is 1070 g/mol. The van der Waals surface area contributed by atoms with Gasteiger partial charge >= 0.3 is 0 Å². The molecule has 2 heterocycles. The molecule has 2 atom stereocenters. The highest BCUT2D eigenvalue weighted by atomic mass is 15.0. The van der Waals surface area contributed by atoms with Crippen molar-refractivity contribution in [1.82, 2.24) is 29.9 Å². The zero-order valence-corrected chi connectivity index (χ0v) is 45.4. The first-order valence-corrected chi connectivity index (χ1v) is 28.6. The Morgan fingerprint density at radius 1 is 0.190 bits per heavy atom. The van der Waals surface area contributed by atoms with E-state index in [1.54, 1.807) is 0 Å². The maximum Gasteiger partial charge on any atom is 0.164 e. The molecule has 3 aliphatic carbocycles. The maximum absolute atomic E-state index is 5.24. The van der Waals surface area contributed by atoms with Gasteiger partial charge in [-0.25, -0.2) is 29.9 Å². The predicted octanol–water partition coefficient (Wildman–Crippen LogP) is 19.0. The van der Waals surface area contributed by atoms with Crippen molar-refractivity contribution in [3.8, 4) is 90.6 Å². The van der Waals surface area contributed by atoms with Crippen molar-refractivity contribution >= 4 is 43.1 Å². The van der Waals surface area contributed by atoms with Crippen LogP contribution in [0, 0.1) is 0 Å². The lowest BCUT2D eigenvalue weighted by atomic mass is 9.60. The Labute approximate surface area is 485 Å². The Morgan fingerprint density at radius 3 is 0.929 bits per heavy atom. The number of hydrogen-bond donors (Lipinski definition) is 0. The molecule has 390 valence electrons. The highest BCUT2D eigenvalue weighted by molar-refractivity contribution is 6.15. The van der Waals surface area contributed by atoms with Crippen LogP contribution < -0.4 is 0 Å². The van der Waals surface area contributed by atoms with Crippen LogP contribution in [-0.2, 0) is 0 Å². The normalized spacial score (nSPS) is 14.0. The highest BCUT2D eigenvalue weighted by Gasteiger charge is 2.41. The molecular formula is C78H48N6. The van der Waals surface area contributed by atoms with Crippen LogP contribution >= 0.6 is 0 Å². The molecule has 15 aromatic rings. The smallest absolute Gasteiger partial charge is 0.164 e. The molecule has 0 amide bonds. The van der Waals surface area contributed by atoms with Gasteiger partial charge in [0.2, 0.25) is 0 Å². The second-order valence-corrected chi connectivity index (χ2v) is 22.1. The number of hydrogen-bond acceptors (Lipinski definition) is 6. The quantitative estimate of drug-likeness (QED) is 0.141. The molecule has 84 heavy (non-hydrogen) atoms. The number of fused-ring (bicyclic) bond motifs is 6. The van der Waals surface area contributed by atoms with Crippen molar-refractivity contribution in [1.29, 1.82) is 0 Å². The fourth-order valence-corrected chi connectivity index (χ4v) is 13.4. The van der Waals surface area contributed by atoms with E-state index in [4.69, 9.17) is 29.9 Å². The van der Waals surface area contributed by atoms with E-state index >= 15 is 0 Å². The Balaban J connectivity index is 0.702. The maximum atomic E-state index is 5.24. The second kappa shape index (κ2) is 19.3. The summed E-state index contributed by atoms with van der Waals surface area (Å²) in [5.41, 5.74) is 18.6. The summed E-state index contributed by atoms with van der Waals surface area (Å²) in [6.45, 7) is 0. The van der Waals surface area contributed by atoms with Crippen molar-refractivity contribution < 1.29 is 0 Å². The van der Waals surface area contributed by atoms with Gasteiger partial charge in [-0.05, 0) is 100 Å². The van der Waals surface area contributed by atoms with E-state index < -0.39 is 0 Å². The van der Waals surface area contributed by atoms with Crippen LogP contribution in [0.25, 0.3) is 134 Å². The first-order chi connectivity index (χ1) is 41.6. The standard InChI is InChI=1S/C78H48N6/c1-3-17-53(18-4-1)73-79-75(83-77(81-73)65-27-13-21-51-35-33-49-15-7-9-23-59(49)69(51)65)55-37-29-47(30-38-55)57-41-43-63-67(45-57)71-61-25-11-12-26-62(61)72(63)68-46-58(42-44-64(68)71)48-31-39-56(40-32-48)76-80-74(54-19-5-2-6-20-54)82-78(84-76)66-28-14-22-52-36-34-50-16-8-10-24-60(50)70(52)66/h1-46,71-72H. The van der Waals surface area contributed by atoms with Crippen LogP contribution in [0.2, 0.25) is 0 Å². The molecule has 0 aliphatic heterocycles. The number of rotatable bonds is 8. The van der Waals surface area contributed by atoms with Gasteiger partial charge in [-0.1, -0.05) is 267 Å². The average Bonchev–Trinajstić information content (AvgIpc) is 1.08. The number of aromatic nitrogens is 6. The lowest BCUT2D eigenvalue weighted by molar-refractivity contribution is 0.755. The summed E-state index contributed by atoms with van der Waals surface area (Å²) in [4.78, 5) is 31.0. The second-order valence-electron chi connectivity index (χ2n) is 22.1. The highest BCUT2D eigenvalue weighted by Crippen LogP contribution is 2.57. The van der Waals surface area contributed by atoms with Crippen LogP contribution in [-0.4, -0.2) is 29.9 Å². The molecule has 0 saturated carbocycles. The number of nitrogens with zero attached hydrogens (tertiary/aromatic N) is 6. The minimum atomic E-state index is 0.106. The Kier molecular flexibility index (Phi) is 11.0. The van der Waals surface area contributed by atoms with E-state index in [9.17, 15) is 0 Å². The van der Waals surface area contributed by atoms with Gasteiger partial charge in [0.15, 0.2) is 34.9 Å². The number of benzene rings is 13. The molecule has 2 unspecified atom stereocenters. The molecule has 0 radical (unpaired) electrons. The van der Waals surface area contributed by atoms with Gasteiger partial charge in [0.25, 0.3) is 0 Å². The Bertz CT molecular complexity index is 4810. The predicted molar refractivity (Wildman–Crippen MR) is 341 cm³/mol. The van der Waals surface area contributed by atoms with Crippen molar-refractivity contribution in [3.05, 3.63) is 312 Å². The molecule has 18 rings (SSSR count). The summed E-state index contributed by atoms with van der Waals surface area (Å²) in [5, 5.41) is 9.27. The molecule has 6 nitrogen and oxygen atoms in total. The fourth-order valence-electron chi connectivity index (χ4n) is 13.4. The van der Waals surface area contributed by atoms with E-state index in [1.807, 2.05) is 36.4 Å². The van der Waals surface area contributed by atoms with Crippen LogP contribution in [0.15, 0.2) is 279 Å². The zero-order chi connectivity index (χ0) is 55.2. The molecule has 2 aromatic heterocycles. The molecule has 0 N–H and O–H groups in total. The third kappa shape index (κ3) is 7.87. The summed E-state index contributed by atoms with van der Waals surface area (Å²) in [5.74, 6) is 4.06. The minimum absolute atomic E-state index is 0.106. The van der Waals surface area contributed by atoms with Gasteiger partial charge in [0.05, 0.1) is 0 Å². The van der Waals surface area contributed by atoms with Gasteiger partial charge in [0.1, 0.15) is 0 Å². The lowest BCUT2D eigenvalue weighted by Gasteiger charge is -2.42. The van der Waals surface area contributed by atoms with E-state index in [2.05, 4.69) is 243 Å². The molecule has 0 saturated heterocycles. The van der Waals surface area contributed by atoms with Crippen molar-refractivity contribution in [2.45, 2.75) is 11.8 Å². The summed E-state index contributed by atoms with van der Waals surface area (Å²) in [6, 6.07) is 99.7. The molecule has 13 aromatic carbocycles. The summed E-state index contributed by atoms with van der Waals surface area (Å²) >= 11 is 0. The molecule has 0 spiro atoms. The largest absolute Gasteiger partial charge is 0.208 e. The lowest BCUT2D eigenvalue weighted by Crippen LogP contribution is -2.27. The van der Waals surface area contributed by atoms with Gasteiger partial charge in [-0.15, -0.1) is 0 Å². The van der Waals surface area contributed by atoms with E-state index in [0.717, 1.165) is 66.1 Å². The molecule has 2 bridgehead atoms. The zero-order valence-electron chi connectivity index (χ0n) is 45.4. The van der Waals surface area contributed by atoms with Crippen molar-refractivity contribution in [3.63, 3.8) is 0 Å². The van der Waals surface area contributed by atoms with Crippen LogP contribution in [0.4, 0.5) is 0 Å². The molecule has 3 aliphatic rings. The van der Waals surface area contributed by atoms with E-state index in [1.165, 1.54) is 66.1 Å². The Morgan fingerprint density at radius 2 is 0.500 bits per heavy atom. The van der Waals surface area contributed by atoms with Gasteiger partial charge < -0.3 is 0 Å². The van der Waals surface area contributed by atoms with Gasteiger partial charge in [-0.3, -0.25) is 0 Å². The van der Waals surface area contributed by atoms with E-state index in [0.29, 0.717) is 34.9 Å². The first-order valence-electron chi connectivity index (χ1n) is 28.6. The fraction of sp³-hybridized carbons (Fsp3) is 0.0256. The SMILES string of the molecule is c1ccc(-c2nc(-c3ccc(-c4ccc5c(c4)C4c6ccccc6C5c5cc(-c6ccc(-c7nc(-c8ccccc8)nc(-c8cccc9ccc%10ccccc%10c89)n7)cc6)ccc54)cc3)nc(-c3cccc4ccc5ccccc5c34)n2)cc1. The van der Waals surface area contributed by atoms with Crippen LogP contribution in [0.5, 0.6) is 0 Å². The minimum Gasteiger partial charge on any atom is -0.208 e. The van der Waals surface area contributed by atoms with E-state index in [-0.39, 0.29) is 11.8 Å². The molecule has 6 heteroatoms. The van der Waals surface area contributed by atoms with Crippen molar-refractivity contribution in [2.24, 2.45) is 0 Å². The molecular weight excluding hydrogens is 1020 g/mol. The van der Waals surface area contributed by atoms with Crippen molar-refractivity contribution in [2.75, 3.05) is 0 Å². The van der Waals surface area contributed by atoms with Gasteiger partial charge in [-0.2, -0.15) is 0 Å². The third-order valence-corrected chi connectivity index (χ3v) is 17.3. The summed E-state index contributed by atoms with van der Waals surface area (Å²) in [6.07, 6.45) is 0. The first kappa shape index (κ1) is 47.7.